The van der Waals surface area contributed by atoms with Gasteiger partial charge in [0.15, 0.2) is 0 Å². The molecular weight excluding hydrogens is 252 g/mol. The summed E-state index contributed by atoms with van der Waals surface area (Å²) in [5, 5.41) is 12.6. The van der Waals surface area contributed by atoms with Crippen LogP contribution in [0.4, 0.5) is 0 Å². The Morgan fingerprint density at radius 1 is 1.25 bits per heavy atom. The molecule has 0 aromatic rings. The van der Waals surface area contributed by atoms with Crippen molar-refractivity contribution in [3.63, 3.8) is 0 Å². The van der Waals surface area contributed by atoms with Gasteiger partial charge in [0, 0.05) is 11.6 Å². The van der Waals surface area contributed by atoms with Crippen molar-refractivity contribution in [3.05, 3.63) is 0 Å². The van der Waals surface area contributed by atoms with Gasteiger partial charge < -0.3 is 10.0 Å². The first-order valence-corrected chi connectivity index (χ1v) is 7.77. The molecule has 0 heterocycles. The Kier molecular flexibility index (Phi) is 7.74. The van der Waals surface area contributed by atoms with E-state index in [2.05, 4.69) is 38.0 Å². The van der Waals surface area contributed by atoms with Crippen LogP contribution in [-0.4, -0.2) is 46.7 Å². The van der Waals surface area contributed by atoms with E-state index in [4.69, 9.17) is 0 Å². The molecule has 0 aromatic heterocycles. The molecule has 0 aliphatic rings. The third-order valence-corrected chi connectivity index (χ3v) is 4.40. The minimum atomic E-state index is -0.812. The van der Waals surface area contributed by atoms with Crippen LogP contribution in [0.25, 0.3) is 0 Å². The first-order valence-electron chi connectivity index (χ1n) is 7.77. The SMILES string of the molecule is CCC(C)(C)N(C)CCCCC(C)(NC(C)C)C(=O)O. The molecule has 0 amide bonds. The number of hydrogen-bond donors (Lipinski definition) is 2. The molecule has 0 saturated heterocycles. The quantitative estimate of drug-likeness (QED) is 0.606. The second-order valence-corrected chi connectivity index (χ2v) is 6.98. The number of aliphatic carboxylic acids is 1. The molecule has 4 heteroatoms. The predicted molar refractivity (Wildman–Crippen MR) is 85.2 cm³/mol. The van der Waals surface area contributed by atoms with E-state index >= 15 is 0 Å². The van der Waals surface area contributed by atoms with Gasteiger partial charge in [-0.25, -0.2) is 0 Å². The zero-order valence-corrected chi connectivity index (χ0v) is 14.4. The van der Waals surface area contributed by atoms with E-state index < -0.39 is 11.5 Å². The highest BCUT2D eigenvalue weighted by atomic mass is 16.4. The molecule has 0 aliphatic carbocycles. The van der Waals surface area contributed by atoms with Crippen LogP contribution in [0, 0.1) is 0 Å². The van der Waals surface area contributed by atoms with Gasteiger partial charge in [0.05, 0.1) is 0 Å². The lowest BCUT2D eigenvalue weighted by atomic mass is 9.93. The molecule has 0 rings (SSSR count). The van der Waals surface area contributed by atoms with Crippen LogP contribution in [-0.2, 0) is 4.79 Å². The van der Waals surface area contributed by atoms with Gasteiger partial charge in [-0.1, -0.05) is 6.92 Å². The monoisotopic (exact) mass is 286 g/mol. The molecule has 0 bridgehead atoms. The van der Waals surface area contributed by atoms with E-state index in [1.54, 1.807) is 6.92 Å². The van der Waals surface area contributed by atoms with Crippen molar-refractivity contribution in [1.82, 2.24) is 10.2 Å². The van der Waals surface area contributed by atoms with Gasteiger partial charge in [-0.3, -0.25) is 10.1 Å². The third-order valence-electron chi connectivity index (χ3n) is 4.40. The smallest absolute Gasteiger partial charge is 0.323 e. The van der Waals surface area contributed by atoms with Crippen molar-refractivity contribution in [2.75, 3.05) is 13.6 Å². The van der Waals surface area contributed by atoms with Gasteiger partial charge in [-0.2, -0.15) is 0 Å². The van der Waals surface area contributed by atoms with E-state index in [9.17, 15) is 9.90 Å². The average Bonchev–Trinajstić information content (AvgIpc) is 2.33. The summed E-state index contributed by atoms with van der Waals surface area (Å²) in [6, 6.07) is 0.179. The first-order chi connectivity index (χ1) is 9.05. The third kappa shape index (κ3) is 6.23. The lowest BCUT2D eigenvalue weighted by Crippen LogP contribution is -2.52. The second-order valence-electron chi connectivity index (χ2n) is 6.98. The highest BCUT2D eigenvalue weighted by molar-refractivity contribution is 5.78. The zero-order valence-electron chi connectivity index (χ0n) is 14.4. The van der Waals surface area contributed by atoms with Crippen LogP contribution < -0.4 is 5.32 Å². The van der Waals surface area contributed by atoms with Crippen molar-refractivity contribution in [2.24, 2.45) is 0 Å². The number of rotatable bonds is 10. The fourth-order valence-corrected chi connectivity index (χ4v) is 2.28. The molecule has 0 aliphatic heterocycles. The summed E-state index contributed by atoms with van der Waals surface area (Å²) in [5.74, 6) is -0.756. The molecular formula is C16H34N2O2. The zero-order chi connectivity index (χ0) is 16.0. The predicted octanol–water partition coefficient (Wildman–Crippen LogP) is 3.12. The first kappa shape index (κ1) is 19.4. The highest BCUT2D eigenvalue weighted by Crippen LogP contribution is 2.19. The number of hydrogen-bond acceptors (Lipinski definition) is 3. The largest absolute Gasteiger partial charge is 0.480 e. The molecule has 4 nitrogen and oxygen atoms in total. The summed E-state index contributed by atoms with van der Waals surface area (Å²) in [5.41, 5.74) is -0.598. The molecule has 0 aromatic carbocycles. The molecule has 1 atom stereocenters. The molecule has 0 spiro atoms. The fourth-order valence-electron chi connectivity index (χ4n) is 2.28. The van der Waals surface area contributed by atoms with Gasteiger partial charge in [0.25, 0.3) is 0 Å². The van der Waals surface area contributed by atoms with Crippen LogP contribution in [0.15, 0.2) is 0 Å². The molecule has 0 saturated carbocycles. The minimum absolute atomic E-state index is 0.179. The van der Waals surface area contributed by atoms with Gasteiger partial charge in [-0.05, 0) is 73.9 Å². The van der Waals surface area contributed by atoms with Crippen LogP contribution >= 0.6 is 0 Å². The second kappa shape index (κ2) is 7.99. The van der Waals surface area contributed by atoms with Crippen LogP contribution in [0.3, 0.4) is 0 Å². The Morgan fingerprint density at radius 3 is 2.20 bits per heavy atom. The summed E-state index contributed by atoms with van der Waals surface area (Å²) in [4.78, 5) is 13.8. The lowest BCUT2D eigenvalue weighted by Gasteiger charge is -2.35. The summed E-state index contributed by atoms with van der Waals surface area (Å²) < 4.78 is 0. The molecule has 120 valence electrons. The van der Waals surface area contributed by atoms with Gasteiger partial charge in [0.2, 0.25) is 0 Å². The van der Waals surface area contributed by atoms with E-state index in [-0.39, 0.29) is 11.6 Å². The molecule has 0 radical (unpaired) electrons. The molecule has 2 N–H and O–H groups in total. The Balaban J connectivity index is 4.24. The van der Waals surface area contributed by atoms with E-state index in [1.807, 2.05) is 13.8 Å². The van der Waals surface area contributed by atoms with Crippen molar-refractivity contribution in [1.29, 1.82) is 0 Å². The normalized spacial score (nSPS) is 15.7. The van der Waals surface area contributed by atoms with Gasteiger partial charge >= 0.3 is 5.97 Å². The van der Waals surface area contributed by atoms with Gasteiger partial charge in [-0.15, -0.1) is 0 Å². The number of nitrogens with one attached hydrogen (secondary N) is 1. The van der Waals surface area contributed by atoms with E-state index in [1.165, 1.54) is 0 Å². The van der Waals surface area contributed by atoms with Crippen molar-refractivity contribution >= 4 is 5.97 Å². The summed E-state index contributed by atoms with van der Waals surface area (Å²) >= 11 is 0. The number of carboxylic acids is 1. The standard InChI is InChI=1S/C16H34N2O2/c1-8-15(4,5)18(7)12-10-9-11-16(6,14(19)20)17-13(2)3/h13,17H,8-12H2,1-7H3,(H,19,20). The number of unbranched alkanes of at least 4 members (excludes halogenated alkanes) is 1. The van der Waals surface area contributed by atoms with E-state index in [0.29, 0.717) is 6.42 Å². The number of nitrogens with zero attached hydrogens (tertiary/aromatic N) is 1. The summed E-state index contributed by atoms with van der Waals surface area (Å²) in [6.07, 6.45) is 3.74. The lowest BCUT2D eigenvalue weighted by molar-refractivity contribution is -0.144. The van der Waals surface area contributed by atoms with Crippen molar-refractivity contribution in [3.8, 4) is 0 Å². The Morgan fingerprint density at radius 2 is 1.80 bits per heavy atom. The summed E-state index contributed by atoms with van der Waals surface area (Å²) in [7, 11) is 2.15. The Hall–Kier alpha value is -0.610. The molecule has 1 unspecified atom stereocenters. The highest BCUT2D eigenvalue weighted by Gasteiger charge is 2.32. The van der Waals surface area contributed by atoms with Crippen molar-refractivity contribution < 1.29 is 9.90 Å². The fraction of sp³-hybridized carbons (Fsp3) is 0.938. The average molecular weight is 286 g/mol. The Bertz CT molecular complexity index is 303. The topological polar surface area (TPSA) is 52.6 Å². The molecule has 20 heavy (non-hydrogen) atoms. The van der Waals surface area contributed by atoms with Gasteiger partial charge in [0.1, 0.15) is 5.54 Å². The number of carbonyl (C=O) groups is 1. The summed E-state index contributed by atoms with van der Waals surface area (Å²) in [6.45, 7) is 13.5. The maximum atomic E-state index is 11.4. The molecule has 0 fully saturated rings. The van der Waals surface area contributed by atoms with Crippen LogP contribution in [0.5, 0.6) is 0 Å². The maximum Gasteiger partial charge on any atom is 0.323 e. The minimum Gasteiger partial charge on any atom is -0.480 e. The van der Waals surface area contributed by atoms with Crippen LogP contribution in [0.2, 0.25) is 0 Å². The number of carboxylic acid groups (broad SMARTS) is 1. The maximum absolute atomic E-state index is 11.4. The van der Waals surface area contributed by atoms with Crippen molar-refractivity contribution in [2.45, 2.75) is 84.3 Å². The Labute approximate surface area is 124 Å². The van der Waals surface area contributed by atoms with E-state index in [0.717, 1.165) is 25.8 Å². The van der Waals surface area contributed by atoms with Crippen LogP contribution in [0.1, 0.15) is 67.2 Å².